The highest BCUT2D eigenvalue weighted by atomic mass is 32.2. The molecule has 0 atom stereocenters. The minimum absolute atomic E-state index is 0.294. The van der Waals surface area contributed by atoms with Crippen LogP contribution in [0.2, 0.25) is 0 Å². The molecule has 0 aliphatic rings. The van der Waals surface area contributed by atoms with Crippen molar-refractivity contribution in [1.82, 2.24) is 5.16 Å². The number of benzene rings is 2. The number of aryl methyl sites for hydroxylation is 1. The number of aromatic nitrogens is 1. The first-order valence-corrected chi connectivity index (χ1v) is 12.8. The summed E-state index contributed by atoms with van der Waals surface area (Å²) in [6.07, 6.45) is 1.20. The molecule has 34 heavy (non-hydrogen) atoms. The van der Waals surface area contributed by atoms with Crippen molar-refractivity contribution in [3.63, 3.8) is 0 Å². The average molecular weight is 521 g/mol. The van der Waals surface area contributed by atoms with Crippen molar-refractivity contribution in [2.45, 2.75) is 17.3 Å². The van der Waals surface area contributed by atoms with E-state index in [9.17, 15) is 30.0 Å². The predicted molar refractivity (Wildman–Crippen MR) is 122 cm³/mol. The van der Waals surface area contributed by atoms with Crippen molar-refractivity contribution in [3.8, 4) is 22.4 Å². The van der Waals surface area contributed by atoms with E-state index in [1.807, 2.05) is 50.2 Å². The van der Waals surface area contributed by atoms with Gasteiger partial charge in [-0.1, -0.05) is 29.4 Å². The van der Waals surface area contributed by atoms with Crippen LogP contribution >= 0.6 is 0 Å². The quantitative estimate of drug-likeness (QED) is 0.363. The lowest BCUT2D eigenvalue weighted by Crippen LogP contribution is -2.23. The second kappa shape index (κ2) is 10.2. The molecule has 0 saturated carbocycles. The van der Waals surface area contributed by atoms with Crippen molar-refractivity contribution in [2.75, 3.05) is 32.4 Å². The standard InChI is InChI=1S/C19H20N2O3S.C2H3F3O3S/c1-13-18(14-7-11-17(12-8-14)25(4,22)23)19(20-24-13)15-5-9-16(10-6-15)21(2)3;1-8-9(6,7)2(3,4)5/h5-12H,1-4H3;1H3. The largest absolute Gasteiger partial charge is 0.523 e. The second-order valence-corrected chi connectivity index (χ2v) is 11.0. The molecule has 13 heteroatoms. The number of hydrogen-bond acceptors (Lipinski definition) is 8. The number of nitrogens with zero attached hydrogens (tertiary/aromatic N) is 2. The molecule has 1 heterocycles. The van der Waals surface area contributed by atoms with Gasteiger partial charge in [0.15, 0.2) is 9.84 Å². The number of alkyl halides is 3. The van der Waals surface area contributed by atoms with Gasteiger partial charge in [-0.05, 0) is 36.8 Å². The first-order valence-electron chi connectivity index (χ1n) is 9.50. The molecule has 0 N–H and O–H groups in total. The van der Waals surface area contributed by atoms with E-state index < -0.39 is 25.5 Å². The van der Waals surface area contributed by atoms with Crippen molar-refractivity contribution in [2.24, 2.45) is 0 Å². The van der Waals surface area contributed by atoms with Gasteiger partial charge in [0.2, 0.25) is 0 Å². The van der Waals surface area contributed by atoms with Gasteiger partial charge in [0.1, 0.15) is 11.5 Å². The van der Waals surface area contributed by atoms with Gasteiger partial charge < -0.3 is 9.42 Å². The van der Waals surface area contributed by atoms with Gasteiger partial charge in [-0.25, -0.2) is 8.42 Å². The maximum atomic E-state index is 11.6. The summed E-state index contributed by atoms with van der Waals surface area (Å²) in [4.78, 5) is 2.32. The third-order valence-corrected chi connectivity index (χ3v) is 6.73. The summed E-state index contributed by atoms with van der Waals surface area (Å²) < 4.78 is 84.5. The average Bonchev–Trinajstić information content (AvgIpc) is 3.14. The van der Waals surface area contributed by atoms with Crippen LogP contribution in [-0.4, -0.2) is 55.0 Å². The van der Waals surface area contributed by atoms with Crippen LogP contribution in [0, 0.1) is 6.92 Å². The van der Waals surface area contributed by atoms with Crippen LogP contribution in [0.3, 0.4) is 0 Å². The van der Waals surface area contributed by atoms with Gasteiger partial charge in [0, 0.05) is 31.6 Å². The highest BCUT2D eigenvalue weighted by Gasteiger charge is 2.46. The molecule has 0 aliphatic carbocycles. The lowest BCUT2D eigenvalue weighted by atomic mass is 9.99. The Morgan fingerprint density at radius 3 is 1.79 bits per heavy atom. The molecule has 1 aromatic heterocycles. The summed E-state index contributed by atoms with van der Waals surface area (Å²) in [5, 5.41) is 4.20. The van der Waals surface area contributed by atoms with Crippen LogP contribution < -0.4 is 4.90 Å². The Hall–Kier alpha value is -2.90. The Labute approximate surface area is 196 Å². The predicted octanol–water partition coefficient (Wildman–Crippen LogP) is 4.27. The molecule has 3 rings (SSSR count). The van der Waals surface area contributed by atoms with Crippen LogP contribution in [0.15, 0.2) is 57.9 Å². The van der Waals surface area contributed by atoms with Gasteiger partial charge in [-0.2, -0.15) is 21.6 Å². The molecule has 0 bridgehead atoms. The molecule has 186 valence electrons. The third-order valence-electron chi connectivity index (χ3n) is 4.59. The summed E-state index contributed by atoms with van der Waals surface area (Å²) in [6, 6.07) is 14.8. The zero-order chi connectivity index (χ0) is 25.9. The van der Waals surface area contributed by atoms with Crippen molar-refractivity contribution >= 4 is 25.6 Å². The van der Waals surface area contributed by atoms with E-state index in [0.29, 0.717) is 17.8 Å². The summed E-state index contributed by atoms with van der Waals surface area (Å²) in [5.41, 5.74) is -0.764. The van der Waals surface area contributed by atoms with E-state index in [4.69, 9.17) is 4.52 Å². The normalized spacial score (nSPS) is 12.1. The molecule has 2 aromatic carbocycles. The fraction of sp³-hybridized carbons (Fsp3) is 0.286. The van der Waals surface area contributed by atoms with E-state index in [0.717, 1.165) is 28.1 Å². The Bertz CT molecular complexity index is 1330. The third kappa shape index (κ3) is 6.36. The van der Waals surface area contributed by atoms with Crippen LogP contribution in [0.25, 0.3) is 22.4 Å². The van der Waals surface area contributed by atoms with E-state index in [1.54, 1.807) is 24.3 Å². The molecule has 8 nitrogen and oxygen atoms in total. The van der Waals surface area contributed by atoms with Crippen LogP contribution in [0.5, 0.6) is 0 Å². The van der Waals surface area contributed by atoms with E-state index >= 15 is 0 Å². The highest BCUT2D eigenvalue weighted by Crippen LogP contribution is 2.35. The van der Waals surface area contributed by atoms with E-state index in [-0.39, 0.29) is 0 Å². The van der Waals surface area contributed by atoms with Gasteiger partial charge in [-0.3, -0.25) is 4.18 Å². The van der Waals surface area contributed by atoms with Crippen LogP contribution in [0.4, 0.5) is 18.9 Å². The molecule has 0 aliphatic heterocycles. The molecule has 0 radical (unpaired) electrons. The lowest BCUT2D eigenvalue weighted by Gasteiger charge is -2.12. The van der Waals surface area contributed by atoms with Crippen molar-refractivity contribution in [1.29, 1.82) is 0 Å². The number of hydrogen-bond donors (Lipinski definition) is 0. The summed E-state index contributed by atoms with van der Waals surface area (Å²) in [7, 11) is -4.13. The monoisotopic (exact) mass is 520 g/mol. The summed E-state index contributed by atoms with van der Waals surface area (Å²) >= 11 is 0. The first kappa shape index (κ1) is 27.3. The summed E-state index contributed by atoms with van der Waals surface area (Å²) in [6.45, 7) is 1.85. The van der Waals surface area contributed by atoms with Crippen molar-refractivity contribution in [3.05, 3.63) is 54.3 Å². The molecule has 0 unspecified atom stereocenters. The van der Waals surface area contributed by atoms with E-state index in [1.165, 1.54) is 6.26 Å². The van der Waals surface area contributed by atoms with Gasteiger partial charge in [0.05, 0.1) is 17.6 Å². The zero-order valence-electron chi connectivity index (χ0n) is 18.9. The molecule has 3 aromatic rings. The maximum absolute atomic E-state index is 11.6. The number of halogens is 3. The molecule has 0 spiro atoms. The minimum Gasteiger partial charge on any atom is -0.378 e. The topological polar surface area (TPSA) is 107 Å². The SMILES string of the molecule is COS(=O)(=O)C(F)(F)F.Cc1onc(-c2ccc(N(C)C)cc2)c1-c1ccc(S(C)(=O)=O)cc1. The Balaban J connectivity index is 0.000000387. The maximum Gasteiger partial charge on any atom is 0.523 e. The molecule has 0 fully saturated rings. The minimum atomic E-state index is -5.34. The molecular weight excluding hydrogens is 497 g/mol. The van der Waals surface area contributed by atoms with Crippen LogP contribution in [0.1, 0.15) is 5.76 Å². The first-order chi connectivity index (χ1) is 15.6. The fourth-order valence-electron chi connectivity index (χ4n) is 2.79. The number of rotatable bonds is 5. The second-order valence-electron chi connectivity index (χ2n) is 7.27. The zero-order valence-corrected chi connectivity index (χ0v) is 20.5. The summed E-state index contributed by atoms with van der Waals surface area (Å²) in [5.74, 6) is 0.693. The van der Waals surface area contributed by atoms with E-state index in [2.05, 4.69) is 9.34 Å². The number of sulfone groups is 1. The lowest BCUT2D eigenvalue weighted by molar-refractivity contribution is -0.0526. The van der Waals surface area contributed by atoms with Crippen molar-refractivity contribution < 1.29 is 38.7 Å². The Morgan fingerprint density at radius 1 is 0.912 bits per heavy atom. The van der Waals surface area contributed by atoms with Gasteiger partial charge in [-0.15, -0.1) is 0 Å². The van der Waals surface area contributed by atoms with Crippen LogP contribution in [-0.2, 0) is 24.1 Å². The Morgan fingerprint density at radius 2 is 1.41 bits per heavy atom. The highest BCUT2D eigenvalue weighted by molar-refractivity contribution is 7.90. The number of anilines is 1. The smallest absolute Gasteiger partial charge is 0.378 e. The molecule has 0 amide bonds. The van der Waals surface area contributed by atoms with Gasteiger partial charge >= 0.3 is 15.6 Å². The Kier molecular flexibility index (Phi) is 8.17. The van der Waals surface area contributed by atoms with Gasteiger partial charge in [0.25, 0.3) is 0 Å². The fourth-order valence-corrected chi connectivity index (χ4v) is 3.61. The molecule has 0 saturated heterocycles. The molecular formula is C21H23F3N2O6S2.